The molecule has 94 valence electrons. The SMILES string of the molecule is O=C(CCc1c(F)cccc1Cl)NCCCO. The minimum atomic E-state index is -0.388. The zero-order valence-corrected chi connectivity index (χ0v) is 10.1. The Morgan fingerprint density at radius 3 is 2.88 bits per heavy atom. The van der Waals surface area contributed by atoms with Crippen molar-refractivity contribution in [2.45, 2.75) is 19.3 Å². The number of aliphatic hydroxyl groups excluding tert-OH is 1. The molecule has 5 heteroatoms. The van der Waals surface area contributed by atoms with Gasteiger partial charge in [0.25, 0.3) is 0 Å². The van der Waals surface area contributed by atoms with Gasteiger partial charge < -0.3 is 10.4 Å². The minimum absolute atomic E-state index is 0.0411. The van der Waals surface area contributed by atoms with Crippen molar-refractivity contribution in [2.24, 2.45) is 0 Å². The summed E-state index contributed by atoms with van der Waals surface area (Å²) in [6.45, 7) is 0.472. The number of aliphatic hydroxyl groups is 1. The molecule has 0 aromatic heterocycles. The maximum Gasteiger partial charge on any atom is 0.220 e. The number of hydrogen-bond acceptors (Lipinski definition) is 2. The van der Waals surface area contributed by atoms with Gasteiger partial charge in [-0.15, -0.1) is 0 Å². The summed E-state index contributed by atoms with van der Waals surface area (Å²) >= 11 is 5.84. The summed E-state index contributed by atoms with van der Waals surface area (Å²) in [6, 6.07) is 4.46. The molecule has 0 aliphatic carbocycles. The van der Waals surface area contributed by atoms with Gasteiger partial charge in [0.05, 0.1) is 0 Å². The van der Waals surface area contributed by atoms with Crippen LogP contribution in [0, 0.1) is 5.82 Å². The first-order valence-corrected chi connectivity index (χ1v) is 5.83. The molecule has 1 rings (SSSR count). The smallest absolute Gasteiger partial charge is 0.220 e. The quantitative estimate of drug-likeness (QED) is 0.767. The third kappa shape index (κ3) is 4.71. The van der Waals surface area contributed by atoms with Crippen LogP contribution in [0.4, 0.5) is 4.39 Å². The van der Waals surface area contributed by atoms with Gasteiger partial charge in [-0.2, -0.15) is 0 Å². The third-order valence-corrected chi connectivity index (χ3v) is 2.67. The van der Waals surface area contributed by atoms with E-state index < -0.39 is 0 Å². The first-order valence-electron chi connectivity index (χ1n) is 5.45. The molecule has 1 aromatic rings. The highest BCUT2D eigenvalue weighted by atomic mass is 35.5. The predicted octanol–water partition coefficient (Wildman–Crippen LogP) is 1.91. The molecule has 1 amide bonds. The van der Waals surface area contributed by atoms with Crippen molar-refractivity contribution in [3.8, 4) is 0 Å². The summed E-state index contributed by atoms with van der Waals surface area (Å²) < 4.78 is 13.4. The van der Waals surface area contributed by atoms with E-state index in [1.807, 2.05) is 0 Å². The molecule has 0 aliphatic heterocycles. The molecule has 0 bridgehead atoms. The highest BCUT2D eigenvalue weighted by molar-refractivity contribution is 6.31. The van der Waals surface area contributed by atoms with Crippen LogP contribution in [-0.2, 0) is 11.2 Å². The predicted molar refractivity (Wildman–Crippen MR) is 64.4 cm³/mol. The van der Waals surface area contributed by atoms with Crippen LogP contribution in [0.25, 0.3) is 0 Å². The lowest BCUT2D eigenvalue weighted by atomic mass is 10.1. The Labute approximate surface area is 105 Å². The van der Waals surface area contributed by atoms with Gasteiger partial charge in [0, 0.05) is 30.2 Å². The Hall–Kier alpha value is -1.13. The summed E-state index contributed by atoms with van der Waals surface area (Å²) in [7, 11) is 0. The second-order valence-corrected chi connectivity index (χ2v) is 4.03. The number of rotatable bonds is 6. The van der Waals surface area contributed by atoms with Gasteiger partial charge in [-0.1, -0.05) is 17.7 Å². The van der Waals surface area contributed by atoms with E-state index in [-0.39, 0.29) is 31.2 Å². The average Bonchev–Trinajstić information content (AvgIpc) is 2.29. The molecule has 0 heterocycles. The highest BCUT2D eigenvalue weighted by Gasteiger charge is 2.09. The number of halogens is 2. The van der Waals surface area contributed by atoms with Gasteiger partial charge in [0.1, 0.15) is 5.82 Å². The molecule has 0 aliphatic rings. The van der Waals surface area contributed by atoms with Crippen LogP contribution in [0.15, 0.2) is 18.2 Å². The first kappa shape index (κ1) is 13.9. The fourth-order valence-electron chi connectivity index (χ4n) is 1.40. The van der Waals surface area contributed by atoms with Crippen molar-refractivity contribution in [3.05, 3.63) is 34.6 Å². The van der Waals surface area contributed by atoms with E-state index in [2.05, 4.69) is 5.32 Å². The Bertz CT molecular complexity index is 365. The second-order valence-electron chi connectivity index (χ2n) is 3.63. The van der Waals surface area contributed by atoms with Gasteiger partial charge in [-0.3, -0.25) is 4.79 Å². The Kier molecular flexibility index (Phi) is 5.94. The number of benzene rings is 1. The molecule has 0 atom stereocenters. The van der Waals surface area contributed by atoms with Crippen LogP contribution in [0.1, 0.15) is 18.4 Å². The van der Waals surface area contributed by atoms with E-state index in [9.17, 15) is 9.18 Å². The summed E-state index contributed by atoms with van der Waals surface area (Å²) in [4.78, 5) is 11.4. The standard InChI is InChI=1S/C12H15ClFNO2/c13-10-3-1-4-11(14)9(10)5-6-12(17)15-7-2-8-16/h1,3-4,16H,2,5-8H2,(H,15,17). The van der Waals surface area contributed by atoms with Crippen molar-refractivity contribution in [1.82, 2.24) is 5.32 Å². The number of nitrogens with one attached hydrogen (secondary N) is 1. The molecule has 0 spiro atoms. The molecule has 0 unspecified atom stereocenters. The minimum Gasteiger partial charge on any atom is -0.396 e. The molecule has 2 N–H and O–H groups in total. The van der Waals surface area contributed by atoms with Crippen LogP contribution in [-0.4, -0.2) is 24.2 Å². The van der Waals surface area contributed by atoms with Gasteiger partial charge in [0.15, 0.2) is 0 Å². The van der Waals surface area contributed by atoms with E-state index in [1.165, 1.54) is 12.1 Å². The summed E-state index contributed by atoms with van der Waals surface area (Å²) in [5, 5.41) is 11.5. The molecule has 0 saturated heterocycles. The third-order valence-electron chi connectivity index (χ3n) is 2.32. The van der Waals surface area contributed by atoms with Gasteiger partial charge in [0.2, 0.25) is 5.91 Å². The largest absolute Gasteiger partial charge is 0.396 e. The second kappa shape index (κ2) is 7.25. The van der Waals surface area contributed by atoms with E-state index in [0.717, 1.165) is 0 Å². The van der Waals surface area contributed by atoms with E-state index in [4.69, 9.17) is 16.7 Å². The molecule has 1 aromatic carbocycles. The van der Waals surface area contributed by atoms with E-state index >= 15 is 0 Å². The fraction of sp³-hybridized carbons (Fsp3) is 0.417. The van der Waals surface area contributed by atoms with Crippen LogP contribution in [0.3, 0.4) is 0 Å². The molecule has 17 heavy (non-hydrogen) atoms. The molecule has 0 saturated carbocycles. The summed E-state index contributed by atoms with van der Waals surface area (Å²) in [5.74, 6) is -0.557. The first-order chi connectivity index (χ1) is 8.15. The Morgan fingerprint density at radius 2 is 2.24 bits per heavy atom. The van der Waals surface area contributed by atoms with Gasteiger partial charge in [-0.05, 0) is 25.0 Å². The number of hydrogen-bond donors (Lipinski definition) is 2. The maximum absolute atomic E-state index is 13.4. The van der Waals surface area contributed by atoms with Crippen LogP contribution in [0.2, 0.25) is 5.02 Å². The lowest BCUT2D eigenvalue weighted by Crippen LogP contribution is -2.25. The van der Waals surface area contributed by atoms with Crippen molar-refractivity contribution in [2.75, 3.05) is 13.2 Å². The van der Waals surface area contributed by atoms with Crippen molar-refractivity contribution in [3.63, 3.8) is 0 Å². The van der Waals surface area contributed by atoms with Crippen LogP contribution >= 0.6 is 11.6 Å². The van der Waals surface area contributed by atoms with Crippen LogP contribution in [0.5, 0.6) is 0 Å². The molecular weight excluding hydrogens is 245 g/mol. The van der Waals surface area contributed by atoms with Crippen LogP contribution < -0.4 is 5.32 Å². The number of carbonyl (C=O) groups is 1. The molecule has 0 radical (unpaired) electrons. The topological polar surface area (TPSA) is 49.3 Å². The zero-order chi connectivity index (χ0) is 12.7. The Morgan fingerprint density at radius 1 is 1.47 bits per heavy atom. The molecule has 0 fully saturated rings. The normalized spacial score (nSPS) is 10.3. The van der Waals surface area contributed by atoms with Crippen molar-refractivity contribution < 1.29 is 14.3 Å². The number of amides is 1. The van der Waals surface area contributed by atoms with E-state index in [0.29, 0.717) is 23.6 Å². The maximum atomic E-state index is 13.4. The lowest BCUT2D eigenvalue weighted by molar-refractivity contribution is -0.121. The number of carbonyl (C=O) groups excluding carboxylic acids is 1. The molecular formula is C12H15ClFNO2. The fourth-order valence-corrected chi connectivity index (χ4v) is 1.66. The molecule has 3 nitrogen and oxygen atoms in total. The Balaban J connectivity index is 2.42. The van der Waals surface area contributed by atoms with Gasteiger partial charge in [-0.25, -0.2) is 4.39 Å². The van der Waals surface area contributed by atoms with Gasteiger partial charge >= 0.3 is 0 Å². The average molecular weight is 260 g/mol. The van der Waals surface area contributed by atoms with Crippen molar-refractivity contribution >= 4 is 17.5 Å². The highest BCUT2D eigenvalue weighted by Crippen LogP contribution is 2.20. The summed E-state index contributed by atoms with van der Waals surface area (Å²) in [6.07, 6.45) is 0.981. The van der Waals surface area contributed by atoms with E-state index in [1.54, 1.807) is 6.07 Å². The van der Waals surface area contributed by atoms with Crippen molar-refractivity contribution in [1.29, 1.82) is 0 Å². The summed E-state index contributed by atoms with van der Waals surface area (Å²) in [5.41, 5.74) is 0.367. The lowest BCUT2D eigenvalue weighted by Gasteiger charge is -2.06. The monoisotopic (exact) mass is 259 g/mol. The zero-order valence-electron chi connectivity index (χ0n) is 9.38.